The van der Waals surface area contributed by atoms with E-state index in [1.807, 2.05) is 0 Å². The molecule has 1 aliphatic heterocycles. The van der Waals surface area contributed by atoms with Crippen molar-refractivity contribution in [2.75, 3.05) is 20.6 Å². The topological polar surface area (TPSA) is 49.5 Å². The third kappa shape index (κ3) is 3.88. The van der Waals surface area contributed by atoms with Gasteiger partial charge < -0.3 is 15.2 Å². The number of fused-ring (bicyclic) bond motifs is 5. The first-order chi connectivity index (χ1) is 16.5. The maximum absolute atomic E-state index is 12.7. The molecule has 0 spiro atoms. The Morgan fingerprint density at radius 3 is 2.49 bits per heavy atom. The molecule has 196 valence electrons. The fourth-order valence-electron chi connectivity index (χ4n) is 9.96. The minimum atomic E-state index is -0.214. The van der Waals surface area contributed by atoms with E-state index in [0.29, 0.717) is 47.6 Å². The van der Waals surface area contributed by atoms with Crippen molar-refractivity contribution in [3.05, 3.63) is 28.0 Å². The van der Waals surface area contributed by atoms with Gasteiger partial charge in [0, 0.05) is 24.5 Å². The van der Waals surface area contributed by atoms with Gasteiger partial charge in [-0.1, -0.05) is 38.0 Å². The Morgan fingerprint density at radius 2 is 1.80 bits per heavy atom. The van der Waals surface area contributed by atoms with Crippen molar-refractivity contribution in [3.8, 4) is 0 Å². The second-order valence-electron chi connectivity index (χ2n) is 13.9. The largest absolute Gasteiger partial charge is 0.624 e. The SMILES string of the molecule is CC(C)=C1CC[N+]([O-])=C1CC(C)[C@H]1CCC2C3=CCC4[C@@H](O)[C@@H](N(C)C)CC[C@]4(C)C3CC[C@@]21C. The molecule has 5 rings (SSSR count). The highest BCUT2D eigenvalue weighted by Crippen LogP contribution is 2.67. The second-order valence-corrected chi connectivity index (χ2v) is 13.9. The molecule has 0 bridgehead atoms. The van der Waals surface area contributed by atoms with Gasteiger partial charge in [-0.2, -0.15) is 0 Å². The molecule has 0 aromatic heterocycles. The van der Waals surface area contributed by atoms with Crippen molar-refractivity contribution in [1.82, 2.24) is 4.90 Å². The number of likely N-dealkylation sites (N-methyl/N-ethyl adjacent to an activating group) is 1. The van der Waals surface area contributed by atoms with Crippen molar-refractivity contribution in [2.45, 2.75) is 105 Å². The first kappa shape index (κ1) is 25.5. The number of hydrogen-bond donors (Lipinski definition) is 1. The maximum Gasteiger partial charge on any atom is 0.190 e. The molecule has 4 heteroatoms. The van der Waals surface area contributed by atoms with E-state index in [9.17, 15) is 10.3 Å². The van der Waals surface area contributed by atoms with E-state index in [1.54, 1.807) is 5.57 Å². The van der Waals surface area contributed by atoms with Gasteiger partial charge in [-0.3, -0.25) is 0 Å². The van der Waals surface area contributed by atoms with Crippen molar-refractivity contribution >= 4 is 5.71 Å². The third-order valence-electron chi connectivity index (χ3n) is 11.9. The molecule has 4 nitrogen and oxygen atoms in total. The molecule has 5 aliphatic rings. The summed E-state index contributed by atoms with van der Waals surface area (Å²) >= 11 is 0. The van der Waals surface area contributed by atoms with E-state index in [1.165, 1.54) is 48.0 Å². The second kappa shape index (κ2) is 9.01. The quantitative estimate of drug-likeness (QED) is 0.295. The van der Waals surface area contributed by atoms with Crippen molar-refractivity contribution in [1.29, 1.82) is 0 Å². The number of rotatable bonds is 4. The zero-order chi connectivity index (χ0) is 25.3. The molecule has 9 atom stereocenters. The Morgan fingerprint density at radius 1 is 1.11 bits per heavy atom. The molecule has 0 aromatic carbocycles. The van der Waals surface area contributed by atoms with Crippen LogP contribution in [0.2, 0.25) is 0 Å². The smallest absolute Gasteiger partial charge is 0.190 e. The van der Waals surface area contributed by atoms with E-state index in [0.717, 1.165) is 31.4 Å². The van der Waals surface area contributed by atoms with E-state index in [4.69, 9.17) is 0 Å². The summed E-state index contributed by atoms with van der Waals surface area (Å²) in [5.41, 5.74) is 6.08. The molecular weight excluding hydrogens is 432 g/mol. The van der Waals surface area contributed by atoms with E-state index < -0.39 is 0 Å². The summed E-state index contributed by atoms with van der Waals surface area (Å²) in [5.74, 6) is 2.96. The summed E-state index contributed by atoms with van der Waals surface area (Å²) in [6, 6.07) is 0.299. The Hall–Kier alpha value is -1.13. The van der Waals surface area contributed by atoms with Crippen molar-refractivity contribution < 1.29 is 9.85 Å². The van der Waals surface area contributed by atoms with Gasteiger partial charge in [0.05, 0.1) is 6.10 Å². The summed E-state index contributed by atoms with van der Waals surface area (Å²) in [5, 5.41) is 24.0. The molecule has 0 amide bonds. The lowest BCUT2D eigenvalue weighted by Crippen LogP contribution is -2.57. The molecular formula is C31H50N2O2. The fourth-order valence-corrected chi connectivity index (χ4v) is 9.96. The molecule has 0 radical (unpaired) electrons. The zero-order valence-corrected chi connectivity index (χ0v) is 23.4. The first-order valence-corrected chi connectivity index (χ1v) is 14.5. The number of aliphatic hydroxyl groups is 1. The van der Waals surface area contributed by atoms with Crippen LogP contribution in [0.15, 0.2) is 22.8 Å². The lowest BCUT2D eigenvalue weighted by molar-refractivity contribution is -0.449. The van der Waals surface area contributed by atoms with Crippen LogP contribution < -0.4 is 0 Å². The van der Waals surface area contributed by atoms with Crippen LogP contribution >= 0.6 is 0 Å². The Labute approximate surface area is 214 Å². The van der Waals surface area contributed by atoms with Crippen LogP contribution in [0.1, 0.15) is 92.4 Å². The van der Waals surface area contributed by atoms with E-state index in [-0.39, 0.29) is 11.5 Å². The summed E-state index contributed by atoms with van der Waals surface area (Å²) in [6.07, 6.45) is 12.8. The van der Waals surface area contributed by atoms with E-state index in [2.05, 4.69) is 59.7 Å². The highest BCUT2D eigenvalue weighted by Gasteiger charge is 2.60. The zero-order valence-electron chi connectivity index (χ0n) is 23.4. The molecule has 3 saturated carbocycles. The van der Waals surface area contributed by atoms with Crippen LogP contribution in [0.4, 0.5) is 0 Å². The number of hydroxylamine groups is 1. The molecule has 3 fully saturated rings. The lowest BCUT2D eigenvalue weighted by atomic mass is 9.47. The van der Waals surface area contributed by atoms with Crippen molar-refractivity contribution in [3.63, 3.8) is 0 Å². The van der Waals surface area contributed by atoms with Gasteiger partial charge in [-0.05, 0) is 113 Å². The molecule has 0 saturated heterocycles. The van der Waals surface area contributed by atoms with Crippen LogP contribution in [-0.2, 0) is 0 Å². The number of hydrogen-bond acceptors (Lipinski definition) is 3. The first-order valence-electron chi connectivity index (χ1n) is 14.5. The van der Waals surface area contributed by atoms with Crippen LogP contribution in [-0.4, -0.2) is 53.2 Å². The Bertz CT molecular complexity index is 944. The number of aliphatic hydroxyl groups excluding tert-OH is 1. The Kier molecular flexibility index (Phi) is 6.57. The average molecular weight is 483 g/mol. The highest BCUT2D eigenvalue weighted by atomic mass is 16.5. The summed E-state index contributed by atoms with van der Waals surface area (Å²) < 4.78 is 1.30. The monoisotopic (exact) mass is 482 g/mol. The van der Waals surface area contributed by atoms with E-state index >= 15 is 0 Å². The van der Waals surface area contributed by atoms with Gasteiger partial charge in [0.15, 0.2) is 12.3 Å². The van der Waals surface area contributed by atoms with Crippen LogP contribution in [0.3, 0.4) is 0 Å². The lowest BCUT2D eigenvalue weighted by Gasteiger charge is -2.59. The normalized spacial score (nSPS) is 44.1. The van der Waals surface area contributed by atoms with Crippen molar-refractivity contribution in [2.24, 2.45) is 40.4 Å². The van der Waals surface area contributed by atoms with Crippen LogP contribution in [0, 0.1) is 45.6 Å². The number of nitrogens with zero attached hydrogens (tertiary/aromatic N) is 2. The van der Waals surface area contributed by atoms with Gasteiger partial charge in [0.2, 0.25) is 0 Å². The standard InChI is InChI=1S/C31H50N2O2/c1-19(2)21-14-17-33(35)28(21)18-20(3)23-10-11-24-22-8-9-26-29(34)27(32(6)7)13-16-31(26,5)25(22)12-15-30(23,24)4/h8,20,23-27,29,34H,9-18H2,1-7H3/t20?,23-,24?,25?,26?,27+,29-,30-,31-/m1/s1. The predicted molar refractivity (Wildman–Crippen MR) is 144 cm³/mol. The minimum absolute atomic E-state index is 0.214. The average Bonchev–Trinajstić information content (AvgIpc) is 3.33. The molecule has 35 heavy (non-hydrogen) atoms. The summed E-state index contributed by atoms with van der Waals surface area (Å²) in [7, 11) is 4.26. The van der Waals surface area contributed by atoms with Crippen LogP contribution in [0.5, 0.6) is 0 Å². The summed E-state index contributed by atoms with van der Waals surface area (Å²) in [4.78, 5) is 2.25. The van der Waals surface area contributed by atoms with Gasteiger partial charge in [-0.25, -0.2) is 4.74 Å². The summed E-state index contributed by atoms with van der Waals surface area (Å²) in [6.45, 7) is 12.5. The van der Waals surface area contributed by atoms with Gasteiger partial charge in [0.25, 0.3) is 0 Å². The number of allylic oxidation sites excluding steroid dienone is 3. The predicted octanol–water partition coefficient (Wildman–Crippen LogP) is 6.18. The van der Waals surface area contributed by atoms with Gasteiger partial charge >= 0.3 is 0 Å². The molecule has 4 aliphatic carbocycles. The molecule has 1 N–H and O–H groups in total. The van der Waals surface area contributed by atoms with Gasteiger partial charge in [-0.15, -0.1) is 0 Å². The third-order valence-corrected chi connectivity index (χ3v) is 11.9. The maximum atomic E-state index is 12.7. The van der Waals surface area contributed by atoms with Crippen LogP contribution in [0.25, 0.3) is 0 Å². The van der Waals surface area contributed by atoms with Gasteiger partial charge in [0.1, 0.15) is 0 Å². The highest BCUT2D eigenvalue weighted by molar-refractivity contribution is 5.98. The molecule has 1 heterocycles. The minimum Gasteiger partial charge on any atom is -0.624 e. The molecule has 4 unspecified atom stereocenters. The Balaban J connectivity index is 1.37. The molecule has 0 aromatic rings. The fraction of sp³-hybridized carbons (Fsp3) is 0.839.